The summed E-state index contributed by atoms with van der Waals surface area (Å²) < 4.78 is 31.6. The Morgan fingerprint density at radius 3 is 2.32 bits per heavy atom. The maximum absolute atomic E-state index is 13.4. The molecule has 37 heavy (non-hydrogen) atoms. The zero-order valence-corrected chi connectivity index (χ0v) is 23.1. The topological polar surface area (TPSA) is 96.0 Å². The lowest BCUT2D eigenvalue weighted by Gasteiger charge is -2.30. The van der Waals surface area contributed by atoms with Crippen molar-refractivity contribution in [2.45, 2.75) is 71.0 Å². The van der Waals surface area contributed by atoms with Crippen LogP contribution in [-0.4, -0.2) is 57.1 Å². The van der Waals surface area contributed by atoms with Crippen LogP contribution in [0.25, 0.3) is 0 Å². The van der Waals surface area contributed by atoms with Gasteiger partial charge >= 0.3 is 0 Å². The number of nitrogens with one attached hydrogen (secondary N) is 1. The Hall–Kier alpha value is -3.07. The summed E-state index contributed by atoms with van der Waals surface area (Å²) in [6, 6.07) is 14.2. The molecule has 1 atom stereocenters. The van der Waals surface area contributed by atoms with E-state index in [0.29, 0.717) is 17.9 Å². The van der Waals surface area contributed by atoms with Gasteiger partial charge in [0.1, 0.15) is 11.8 Å². The van der Waals surface area contributed by atoms with Crippen LogP contribution in [0.3, 0.4) is 0 Å². The second-order valence-electron chi connectivity index (χ2n) is 9.76. The molecular weight excluding hydrogens is 490 g/mol. The van der Waals surface area contributed by atoms with Crippen LogP contribution in [0.5, 0.6) is 5.75 Å². The van der Waals surface area contributed by atoms with Gasteiger partial charge in [-0.3, -0.25) is 13.9 Å². The Morgan fingerprint density at radius 1 is 1.08 bits per heavy atom. The summed E-state index contributed by atoms with van der Waals surface area (Å²) >= 11 is 0. The number of rotatable bonds is 12. The Labute approximate surface area is 221 Å². The highest BCUT2D eigenvalue weighted by atomic mass is 32.2. The number of ether oxygens (including phenoxy) is 1. The van der Waals surface area contributed by atoms with Crippen LogP contribution in [0.1, 0.15) is 56.6 Å². The van der Waals surface area contributed by atoms with Crippen molar-refractivity contribution in [2.75, 3.05) is 24.2 Å². The van der Waals surface area contributed by atoms with Gasteiger partial charge in [0.25, 0.3) is 0 Å². The SMILES string of the molecule is COc1ccc(CN(C(=O)CCCN(c2ccccc2C)S(C)(=O)=O)[C@H](C)C(=O)NC2CCCC2)cc1. The quantitative estimate of drug-likeness (QED) is 0.448. The molecule has 202 valence electrons. The van der Waals surface area contributed by atoms with E-state index in [2.05, 4.69) is 5.32 Å². The van der Waals surface area contributed by atoms with Crippen LogP contribution < -0.4 is 14.4 Å². The zero-order chi connectivity index (χ0) is 27.0. The van der Waals surface area contributed by atoms with E-state index < -0.39 is 16.1 Å². The van der Waals surface area contributed by atoms with E-state index in [0.717, 1.165) is 36.8 Å². The fourth-order valence-corrected chi connectivity index (χ4v) is 5.75. The molecule has 0 radical (unpaired) electrons. The molecule has 0 bridgehead atoms. The summed E-state index contributed by atoms with van der Waals surface area (Å²) in [6.07, 6.45) is 5.76. The van der Waals surface area contributed by atoms with Crippen molar-refractivity contribution >= 4 is 27.5 Å². The number of carbonyl (C=O) groups is 2. The minimum absolute atomic E-state index is 0.120. The molecule has 1 aliphatic carbocycles. The number of para-hydroxylation sites is 1. The van der Waals surface area contributed by atoms with Crippen LogP contribution in [0.2, 0.25) is 0 Å². The van der Waals surface area contributed by atoms with Crippen LogP contribution >= 0.6 is 0 Å². The summed E-state index contributed by atoms with van der Waals surface area (Å²) in [5.74, 6) is 0.361. The number of amides is 2. The van der Waals surface area contributed by atoms with Crippen molar-refractivity contribution < 1.29 is 22.7 Å². The first-order valence-electron chi connectivity index (χ1n) is 12.9. The number of hydrogen-bond donors (Lipinski definition) is 1. The summed E-state index contributed by atoms with van der Waals surface area (Å²) in [7, 11) is -1.93. The Balaban J connectivity index is 1.72. The second kappa shape index (κ2) is 12.9. The molecule has 9 heteroatoms. The molecule has 1 fully saturated rings. The fraction of sp³-hybridized carbons (Fsp3) is 0.500. The molecule has 0 aromatic heterocycles. The largest absolute Gasteiger partial charge is 0.497 e. The van der Waals surface area contributed by atoms with E-state index >= 15 is 0 Å². The highest BCUT2D eigenvalue weighted by molar-refractivity contribution is 7.92. The summed E-state index contributed by atoms with van der Waals surface area (Å²) in [5.41, 5.74) is 2.33. The van der Waals surface area contributed by atoms with Gasteiger partial charge in [-0.2, -0.15) is 0 Å². The molecule has 2 aromatic rings. The van der Waals surface area contributed by atoms with Gasteiger partial charge in [-0.1, -0.05) is 43.2 Å². The van der Waals surface area contributed by atoms with Gasteiger partial charge in [0.15, 0.2) is 0 Å². The van der Waals surface area contributed by atoms with Crippen molar-refractivity contribution in [3.05, 3.63) is 59.7 Å². The Bertz CT molecular complexity index is 1160. The van der Waals surface area contributed by atoms with E-state index in [9.17, 15) is 18.0 Å². The lowest BCUT2D eigenvalue weighted by molar-refractivity contribution is -0.141. The van der Waals surface area contributed by atoms with Crippen molar-refractivity contribution in [2.24, 2.45) is 0 Å². The predicted octanol–water partition coefficient (Wildman–Crippen LogP) is 4.03. The Kier molecular flexibility index (Phi) is 9.97. The van der Waals surface area contributed by atoms with Crippen molar-refractivity contribution in [1.29, 1.82) is 0 Å². The first kappa shape index (κ1) is 28.5. The lowest BCUT2D eigenvalue weighted by Crippen LogP contribution is -2.49. The number of sulfonamides is 1. The number of carbonyl (C=O) groups excluding carboxylic acids is 2. The number of hydrogen-bond acceptors (Lipinski definition) is 5. The maximum atomic E-state index is 13.4. The van der Waals surface area contributed by atoms with Crippen LogP contribution in [0.15, 0.2) is 48.5 Å². The second-order valence-corrected chi connectivity index (χ2v) is 11.7. The predicted molar refractivity (Wildman–Crippen MR) is 146 cm³/mol. The normalized spacial score (nSPS) is 14.7. The van der Waals surface area contributed by atoms with Gasteiger partial charge in [-0.25, -0.2) is 8.42 Å². The maximum Gasteiger partial charge on any atom is 0.242 e. The first-order valence-corrected chi connectivity index (χ1v) is 14.7. The van der Waals surface area contributed by atoms with Gasteiger partial charge in [-0.15, -0.1) is 0 Å². The lowest BCUT2D eigenvalue weighted by atomic mass is 10.1. The van der Waals surface area contributed by atoms with Gasteiger partial charge in [0.2, 0.25) is 21.8 Å². The molecule has 0 saturated heterocycles. The van der Waals surface area contributed by atoms with Gasteiger partial charge < -0.3 is 15.0 Å². The van der Waals surface area contributed by atoms with Crippen LogP contribution in [0, 0.1) is 6.92 Å². The molecule has 1 aliphatic rings. The van der Waals surface area contributed by atoms with E-state index in [-0.39, 0.29) is 37.4 Å². The molecule has 1 saturated carbocycles. The zero-order valence-electron chi connectivity index (χ0n) is 22.3. The molecule has 0 aliphatic heterocycles. The summed E-state index contributed by atoms with van der Waals surface area (Å²) in [5, 5.41) is 3.10. The van der Waals surface area contributed by atoms with E-state index in [1.165, 1.54) is 10.6 Å². The minimum Gasteiger partial charge on any atom is -0.497 e. The van der Waals surface area contributed by atoms with Crippen molar-refractivity contribution in [1.82, 2.24) is 10.2 Å². The highest BCUT2D eigenvalue weighted by Crippen LogP contribution is 2.23. The van der Waals surface area contributed by atoms with Gasteiger partial charge in [0.05, 0.1) is 19.1 Å². The molecular formula is C28H39N3O5S. The average Bonchev–Trinajstić information content (AvgIpc) is 3.38. The number of methoxy groups -OCH3 is 1. The van der Waals surface area contributed by atoms with Crippen molar-refractivity contribution in [3.63, 3.8) is 0 Å². The number of aryl methyl sites for hydroxylation is 1. The molecule has 3 rings (SSSR count). The van der Waals surface area contributed by atoms with Crippen molar-refractivity contribution in [3.8, 4) is 5.75 Å². The molecule has 0 heterocycles. The van der Waals surface area contributed by atoms with Gasteiger partial charge in [-0.05, 0) is 62.4 Å². The molecule has 2 aromatic carbocycles. The van der Waals surface area contributed by atoms with E-state index in [4.69, 9.17) is 4.74 Å². The smallest absolute Gasteiger partial charge is 0.242 e. The summed E-state index contributed by atoms with van der Waals surface area (Å²) in [4.78, 5) is 28.1. The standard InChI is InChI=1S/C28H39N3O5S/c1-21-10-5-8-13-26(21)31(37(4,34)35)19-9-14-27(32)30(20-23-15-17-25(36-3)18-16-23)22(2)28(33)29-24-11-6-7-12-24/h5,8,10,13,15-18,22,24H,6-7,9,11-12,14,19-20H2,1-4H3,(H,29,33)/t22-/m1/s1. The number of anilines is 1. The third-order valence-corrected chi connectivity index (χ3v) is 8.10. The Morgan fingerprint density at radius 2 is 1.73 bits per heavy atom. The first-order chi connectivity index (χ1) is 17.6. The average molecular weight is 530 g/mol. The monoisotopic (exact) mass is 529 g/mol. The molecule has 0 unspecified atom stereocenters. The minimum atomic E-state index is -3.52. The highest BCUT2D eigenvalue weighted by Gasteiger charge is 2.29. The van der Waals surface area contributed by atoms with E-state index in [1.54, 1.807) is 31.1 Å². The third kappa shape index (κ3) is 7.95. The van der Waals surface area contributed by atoms with Crippen LogP contribution in [-0.2, 0) is 26.2 Å². The number of nitrogens with zero attached hydrogens (tertiary/aromatic N) is 2. The molecule has 8 nitrogen and oxygen atoms in total. The number of benzene rings is 2. The fourth-order valence-electron chi connectivity index (χ4n) is 4.73. The molecule has 1 N–H and O–H groups in total. The third-order valence-electron chi connectivity index (χ3n) is 6.92. The van der Waals surface area contributed by atoms with Gasteiger partial charge in [0, 0.05) is 25.6 Å². The molecule has 2 amide bonds. The van der Waals surface area contributed by atoms with Crippen LogP contribution in [0.4, 0.5) is 5.69 Å². The summed E-state index contributed by atoms with van der Waals surface area (Å²) in [6.45, 7) is 4.06. The molecule has 0 spiro atoms. The van der Waals surface area contributed by atoms with E-state index in [1.807, 2.05) is 43.3 Å².